The van der Waals surface area contributed by atoms with Crippen LogP contribution in [0.5, 0.6) is 0 Å². The number of hydrogen-bond acceptors (Lipinski definition) is 5. The Morgan fingerprint density at radius 1 is 1.23 bits per heavy atom. The van der Waals surface area contributed by atoms with Crippen molar-refractivity contribution in [3.05, 3.63) is 29.0 Å². The fourth-order valence-electron chi connectivity index (χ4n) is 2.56. The second-order valence-electron chi connectivity index (χ2n) is 5.76. The molecule has 2 rings (SSSR count). The lowest BCUT2D eigenvalue weighted by Crippen LogP contribution is -2.56. The molecule has 1 atom stereocenters. The van der Waals surface area contributed by atoms with Crippen LogP contribution in [0, 0.1) is 5.82 Å². The molecule has 1 aromatic rings. The third-order valence-electron chi connectivity index (χ3n) is 4.19. The monoisotopic (exact) mass is 406 g/mol. The van der Waals surface area contributed by atoms with Crippen molar-refractivity contribution in [2.45, 2.75) is 17.9 Å². The van der Waals surface area contributed by atoms with Gasteiger partial charge in [0, 0.05) is 33.2 Å². The van der Waals surface area contributed by atoms with Gasteiger partial charge in [0.25, 0.3) is 0 Å². The number of nitrogens with one attached hydrogen (secondary N) is 2. The Bertz CT molecular complexity index is 797. The molecule has 26 heavy (non-hydrogen) atoms. The van der Waals surface area contributed by atoms with Crippen molar-refractivity contribution in [2.24, 2.45) is 0 Å². The predicted octanol–water partition coefficient (Wildman–Crippen LogP) is 0.630. The Morgan fingerprint density at radius 2 is 1.85 bits per heavy atom. The first-order chi connectivity index (χ1) is 12.2. The Morgan fingerprint density at radius 3 is 2.38 bits per heavy atom. The highest BCUT2D eigenvalue weighted by atomic mass is 35.5. The fraction of sp³-hybridized carbons (Fsp3) is 0.467. The Kier molecular flexibility index (Phi) is 6.56. The predicted molar refractivity (Wildman–Crippen MR) is 93.8 cm³/mol. The molecule has 0 spiro atoms. The van der Waals surface area contributed by atoms with Crippen molar-refractivity contribution in [3.63, 3.8) is 0 Å². The number of sulfonamides is 1. The average Bonchev–Trinajstić information content (AvgIpc) is 2.63. The highest BCUT2D eigenvalue weighted by Gasteiger charge is 2.32. The van der Waals surface area contributed by atoms with Crippen molar-refractivity contribution >= 4 is 33.6 Å². The number of halogens is 2. The van der Waals surface area contributed by atoms with Crippen molar-refractivity contribution in [3.8, 4) is 0 Å². The van der Waals surface area contributed by atoms with Crippen molar-refractivity contribution < 1.29 is 22.4 Å². The molecule has 0 unspecified atom stereocenters. The van der Waals surface area contributed by atoms with Gasteiger partial charge in [-0.3, -0.25) is 15.0 Å². The summed E-state index contributed by atoms with van der Waals surface area (Å²) in [4.78, 5) is 24.9. The second-order valence-corrected chi connectivity index (χ2v) is 8.11. The van der Waals surface area contributed by atoms with E-state index in [2.05, 4.69) is 10.6 Å². The van der Waals surface area contributed by atoms with Crippen LogP contribution >= 0.6 is 11.6 Å². The number of amides is 3. The minimum Gasteiger partial charge on any atom is -0.341 e. The van der Waals surface area contributed by atoms with Crippen LogP contribution in [-0.4, -0.2) is 68.8 Å². The lowest BCUT2D eigenvalue weighted by molar-refractivity contribution is -0.125. The van der Waals surface area contributed by atoms with Gasteiger partial charge in [-0.1, -0.05) is 11.6 Å². The molecule has 1 fully saturated rings. The molecular weight excluding hydrogens is 387 g/mol. The van der Waals surface area contributed by atoms with E-state index in [0.717, 1.165) is 12.1 Å². The zero-order valence-electron chi connectivity index (χ0n) is 14.3. The molecule has 0 radical (unpaired) electrons. The average molecular weight is 407 g/mol. The van der Waals surface area contributed by atoms with Gasteiger partial charge in [-0.15, -0.1) is 0 Å². The number of nitrogens with zero attached hydrogens (tertiary/aromatic N) is 2. The molecular formula is C15H20ClFN4O4S. The quantitative estimate of drug-likeness (QED) is 0.764. The van der Waals surface area contributed by atoms with E-state index in [4.69, 9.17) is 11.6 Å². The minimum atomic E-state index is -3.80. The third kappa shape index (κ3) is 4.50. The molecule has 0 saturated carbocycles. The lowest BCUT2D eigenvalue weighted by Gasteiger charge is -2.36. The van der Waals surface area contributed by atoms with E-state index >= 15 is 0 Å². The van der Waals surface area contributed by atoms with Crippen LogP contribution in [-0.2, 0) is 14.8 Å². The first kappa shape index (κ1) is 20.6. The fourth-order valence-corrected chi connectivity index (χ4v) is 4.26. The summed E-state index contributed by atoms with van der Waals surface area (Å²) in [6.07, 6.45) is 0. The van der Waals surface area contributed by atoms with Crippen molar-refractivity contribution in [1.82, 2.24) is 19.8 Å². The van der Waals surface area contributed by atoms with E-state index in [1.54, 1.807) is 11.8 Å². The molecule has 0 aromatic heterocycles. The van der Waals surface area contributed by atoms with Gasteiger partial charge in [0.1, 0.15) is 5.82 Å². The number of rotatable bonds is 4. The lowest BCUT2D eigenvalue weighted by atomic mass is 10.2. The van der Waals surface area contributed by atoms with Gasteiger partial charge >= 0.3 is 6.03 Å². The van der Waals surface area contributed by atoms with E-state index in [1.165, 1.54) is 17.4 Å². The van der Waals surface area contributed by atoms with E-state index in [9.17, 15) is 22.4 Å². The molecule has 1 heterocycles. The molecule has 1 saturated heterocycles. The highest BCUT2D eigenvalue weighted by molar-refractivity contribution is 7.89. The number of hydrogen-bond donors (Lipinski definition) is 2. The summed E-state index contributed by atoms with van der Waals surface area (Å²) < 4.78 is 39.8. The largest absolute Gasteiger partial charge is 0.341 e. The summed E-state index contributed by atoms with van der Waals surface area (Å²) in [5.74, 6) is -1.16. The summed E-state index contributed by atoms with van der Waals surface area (Å²) in [6, 6.07) is 2.07. The standard InChI is InChI=1S/C15H20ClFN4O4S/c1-10(14(22)19-15(23)18-2)20-5-7-21(8-6-20)26(24,25)11-3-4-13(17)12(16)9-11/h3-4,9-10H,5-8H2,1-2H3,(H2,18,19,22,23)/t10-/m1/s1. The SMILES string of the molecule is CNC(=O)NC(=O)[C@@H](C)N1CCN(S(=O)(=O)c2ccc(F)c(Cl)c2)CC1. The van der Waals surface area contributed by atoms with Crippen LogP contribution in [0.1, 0.15) is 6.92 Å². The smallest absolute Gasteiger partial charge is 0.321 e. The van der Waals surface area contributed by atoms with E-state index in [0.29, 0.717) is 13.1 Å². The van der Waals surface area contributed by atoms with E-state index in [-0.39, 0.29) is 23.0 Å². The zero-order chi connectivity index (χ0) is 19.5. The third-order valence-corrected chi connectivity index (χ3v) is 6.38. The molecule has 3 amide bonds. The van der Waals surface area contributed by atoms with Crippen molar-refractivity contribution in [1.29, 1.82) is 0 Å². The molecule has 0 aliphatic carbocycles. The van der Waals surface area contributed by atoms with E-state index in [1.807, 2.05) is 0 Å². The maximum atomic E-state index is 13.2. The van der Waals surface area contributed by atoms with Gasteiger partial charge in [-0.2, -0.15) is 4.31 Å². The normalized spacial score (nSPS) is 17.5. The number of piperazine rings is 1. The first-order valence-corrected chi connectivity index (χ1v) is 9.70. The number of carbonyl (C=O) groups excluding carboxylic acids is 2. The number of benzene rings is 1. The van der Waals surface area contributed by atoms with Crippen LogP contribution in [0.15, 0.2) is 23.1 Å². The van der Waals surface area contributed by atoms with E-state index < -0.39 is 33.8 Å². The summed E-state index contributed by atoms with van der Waals surface area (Å²) in [6.45, 7) is 2.60. The Hall–Kier alpha value is -1.75. The minimum absolute atomic E-state index is 0.0808. The number of imide groups is 1. The van der Waals surface area contributed by atoms with Gasteiger partial charge in [0.2, 0.25) is 15.9 Å². The van der Waals surface area contributed by atoms with Gasteiger partial charge in [-0.25, -0.2) is 17.6 Å². The number of carbonyl (C=O) groups is 2. The van der Waals surface area contributed by atoms with Gasteiger partial charge in [-0.05, 0) is 25.1 Å². The molecule has 2 N–H and O–H groups in total. The maximum Gasteiger partial charge on any atom is 0.321 e. The highest BCUT2D eigenvalue weighted by Crippen LogP contribution is 2.23. The van der Waals surface area contributed by atoms with Crippen LogP contribution in [0.3, 0.4) is 0 Å². The van der Waals surface area contributed by atoms with Gasteiger partial charge in [0.15, 0.2) is 0 Å². The van der Waals surface area contributed by atoms with Gasteiger partial charge < -0.3 is 5.32 Å². The molecule has 1 aliphatic heterocycles. The molecule has 1 aliphatic rings. The van der Waals surface area contributed by atoms with Crippen molar-refractivity contribution in [2.75, 3.05) is 33.2 Å². The molecule has 8 nitrogen and oxygen atoms in total. The zero-order valence-corrected chi connectivity index (χ0v) is 15.9. The van der Waals surface area contributed by atoms with Crippen LogP contribution in [0.4, 0.5) is 9.18 Å². The molecule has 0 bridgehead atoms. The maximum absolute atomic E-state index is 13.2. The number of urea groups is 1. The summed E-state index contributed by atoms with van der Waals surface area (Å²) in [5.41, 5.74) is 0. The van der Waals surface area contributed by atoms with Crippen LogP contribution in [0.2, 0.25) is 5.02 Å². The second kappa shape index (κ2) is 8.30. The molecule has 11 heteroatoms. The van der Waals surface area contributed by atoms with Gasteiger partial charge in [0.05, 0.1) is 16.0 Å². The van der Waals surface area contributed by atoms with Crippen LogP contribution < -0.4 is 10.6 Å². The first-order valence-electron chi connectivity index (χ1n) is 7.88. The topological polar surface area (TPSA) is 98.8 Å². The molecule has 1 aromatic carbocycles. The summed E-state index contributed by atoms with van der Waals surface area (Å²) in [7, 11) is -2.40. The molecule has 144 valence electrons. The Balaban J connectivity index is 2.02. The summed E-state index contributed by atoms with van der Waals surface area (Å²) in [5, 5.41) is 4.23. The van der Waals surface area contributed by atoms with Crippen LogP contribution in [0.25, 0.3) is 0 Å². The summed E-state index contributed by atoms with van der Waals surface area (Å²) >= 11 is 5.67. The Labute approximate surface area is 156 Å².